The lowest BCUT2D eigenvalue weighted by Crippen LogP contribution is -2.57. The minimum absolute atomic E-state index is 0.146. The fourth-order valence-electron chi connectivity index (χ4n) is 3.71. The highest BCUT2D eigenvalue weighted by Crippen LogP contribution is 2.28. The lowest BCUT2D eigenvalue weighted by molar-refractivity contribution is -0.131. The second kappa shape index (κ2) is 4.58. The van der Waals surface area contributed by atoms with E-state index in [-0.39, 0.29) is 6.10 Å². The molecule has 1 N–H and O–H groups in total. The second-order valence-electron chi connectivity index (χ2n) is 5.69. The number of hydrogen-bond acceptors (Lipinski definition) is 3. The van der Waals surface area contributed by atoms with Crippen LogP contribution in [-0.4, -0.2) is 58.6 Å². The highest BCUT2D eigenvalue weighted by molar-refractivity contribution is 5.78. The molecule has 96 valence electrons. The molecule has 0 aromatic rings. The first kappa shape index (κ1) is 11.5. The topological polar surface area (TPSA) is 43.8 Å². The summed E-state index contributed by atoms with van der Waals surface area (Å²) < 4.78 is 0. The van der Waals surface area contributed by atoms with Gasteiger partial charge >= 0.3 is 0 Å². The zero-order valence-corrected chi connectivity index (χ0v) is 10.3. The third-order valence-corrected chi connectivity index (χ3v) is 4.69. The van der Waals surface area contributed by atoms with E-state index in [9.17, 15) is 9.90 Å². The van der Waals surface area contributed by atoms with Crippen LogP contribution < -0.4 is 0 Å². The predicted octanol–water partition coefficient (Wildman–Crippen LogP) is 0.597. The summed E-state index contributed by atoms with van der Waals surface area (Å²) in [5, 5.41) is 10.1. The Morgan fingerprint density at radius 2 is 1.94 bits per heavy atom. The van der Waals surface area contributed by atoms with E-state index >= 15 is 0 Å². The van der Waals surface area contributed by atoms with Crippen molar-refractivity contribution in [3.63, 3.8) is 0 Å². The standard InChI is InChI=1S/C13H22N2O2/c16-12-4-2-1-3-11(12)14-7-8-15-10(9-14)5-6-13(15)17/h10-12,16H,1-9H2/t10?,11-,12-/m1/s1. The zero-order chi connectivity index (χ0) is 11.8. The van der Waals surface area contributed by atoms with Crippen molar-refractivity contribution in [2.75, 3.05) is 19.6 Å². The van der Waals surface area contributed by atoms with Gasteiger partial charge in [0.25, 0.3) is 0 Å². The van der Waals surface area contributed by atoms with Crippen molar-refractivity contribution in [3.05, 3.63) is 0 Å². The molecule has 4 nitrogen and oxygen atoms in total. The largest absolute Gasteiger partial charge is 0.391 e. The van der Waals surface area contributed by atoms with Crippen molar-refractivity contribution in [3.8, 4) is 0 Å². The summed E-state index contributed by atoms with van der Waals surface area (Å²) in [7, 11) is 0. The van der Waals surface area contributed by atoms with E-state index in [1.807, 2.05) is 4.90 Å². The van der Waals surface area contributed by atoms with Gasteiger partial charge in [-0.05, 0) is 19.3 Å². The van der Waals surface area contributed by atoms with Gasteiger partial charge in [-0.1, -0.05) is 12.8 Å². The third-order valence-electron chi connectivity index (χ3n) is 4.69. The molecule has 17 heavy (non-hydrogen) atoms. The quantitative estimate of drug-likeness (QED) is 0.727. The van der Waals surface area contributed by atoms with Crippen LogP contribution in [0.25, 0.3) is 0 Å². The zero-order valence-electron chi connectivity index (χ0n) is 10.3. The van der Waals surface area contributed by atoms with Crippen molar-refractivity contribution in [1.82, 2.24) is 9.80 Å². The van der Waals surface area contributed by atoms with E-state index in [1.165, 1.54) is 12.8 Å². The molecule has 2 aliphatic heterocycles. The summed E-state index contributed by atoms with van der Waals surface area (Å²) in [4.78, 5) is 16.1. The molecule has 0 radical (unpaired) electrons. The van der Waals surface area contributed by atoms with Gasteiger partial charge in [-0.15, -0.1) is 0 Å². The molecular formula is C13H22N2O2. The Bertz CT molecular complexity index is 308. The van der Waals surface area contributed by atoms with E-state index in [0.29, 0.717) is 18.0 Å². The number of carbonyl (C=O) groups excluding carboxylic acids is 1. The number of aliphatic hydroxyl groups excluding tert-OH is 1. The summed E-state index contributed by atoms with van der Waals surface area (Å²) in [6.45, 7) is 2.80. The number of fused-ring (bicyclic) bond motifs is 1. The summed E-state index contributed by atoms with van der Waals surface area (Å²) in [5.74, 6) is 0.332. The lowest BCUT2D eigenvalue weighted by atomic mass is 9.90. The molecule has 1 saturated carbocycles. The van der Waals surface area contributed by atoms with Crippen LogP contribution in [0.4, 0.5) is 0 Å². The third kappa shape index (κ3) is 2.08. The summed E-state index contributed by atoms with van der Waals surface area (Å²) >= 11 is 0. The molecule has 2 heterocycles. The average molecular weight is 238 g/mol. The van der Waals surface area contributed by atoms with Gasteiger partial charge in [0, 0.05) is 38.1 Å². The lowest BCUT2D eigenvalue weighted by Gasteiger charge is -2.44. The minimum atomic E-state index is -0.146. The van der Waals surface area contributed by atoms with Crippen LogP contribution in [0.15, 0.2) is 0 Å². The Hall–Kier alpha value is -0.610. The van der Waals surface area contributed by atoms with E-state index in [4.69, 9.17) is 0 Å². The van der Waals surface area contributed by atoms with Crippen LogP contribution in [0.5, 0.6) is 0 Å². The Labute approximate surface area is 103 Å². The van der Waals surface area contributed by atoms with E-state index < -0.39 is 0 Å². The van der Waals surface area contributed by atoms with Crippen LogP contribution in [-0.2, 0) is 4.79 Å². The maximum absolute atomic E-state index is 11.6. The summed E-state index contributed by atoms with van der Waals surface area (Å²) in [5.41, 5.74) is 0. The average Bonchev–Trinajstić information content (AvgIpc) is 2.71. The summed E-state index contributed by atoms with van der Waals surface area (Å²) in [6, 6.07) is 0.770. The maximum Gasteiger partial charge on any atom is 0.222 e. The SMILES string of the molecule is O=C1CCC2CN([C@@H]3CCCC[C@H]3O)CCN12. The Morgan fingerprint density at radius 3 is 2.76 bits per heavy atom. The van der Waals surface area contributed by atoms with E-state index in [0.717, 1.165) is 45.3 Å². The molecule has 0 bridgehead atoms. The summed E-state index contributed by atoms with van der Waals surface area (Å²) in [6.07, 6.45) is 6.08. The molecule has 2 saturated heterocycles. The molecule has 3 fully saturated rings. The van der Waals surface area contributed by atoms with Crippen LogP contribution in [0, 0.1) is 0 Å². The van der Waals surface area contributed by atoms with Crippen LogP contribution in [0.3, 0.4) is 0 Å². The first-order chi connectivity index (χ1) is 8.25. The first-order valence-electron chi connectivity index (χ1n) is 6.97. The smallest absolute Gasteiger partial charge is 0.222 e. The molecule has 0 spiro atoms. The van der Waals surface area contributed by atoms with Gasteiger partial charge in [0.1, 0.15) is 0 Å². The monoisotopic (exact) mass is 238 g/mol. The van der Waals surface area contributed by atoms with Crippen molar-refractivity contribution >= 4 is 5.91 Å². The van der Waals surface area contributed by atoms with Gasteiger partial charge in [0.05, 0.1) is 6.10 Å². The predicted molar refractivity (Wildman–Crippen MR) is 64.6 cm³/mol. The van der Waals surface area contributed by atoms with E-state index in [1.54, 1.807) is 0 Å². The molecule has 3 atom stereocenters. The molecule has 0 aromatic carbocycles. The molecule has 1 unspecified atom stereocenters. The fourth-order valence-corrected chi connectivity index (χ4v) is 3.71. The van der Waals surface area contributed by atoms with Gasteiger partial charge in [0.2, 0.25) is 5.91 Å². The number of amides is 1. The Balaban J connectivity index is 1.64. The Morgan fingerprint density at radius 1 is 1.12 bits per heavy atom. The molecule has 3 rings (SSSR count). The van der Waals surface area contributed by atoms with Crippen LogP contribution >= 0.6 is 0 Å². The first-order valence-corrected chi connectivity index (χ1v) is 6.97. The van der Waals surface area contributed by atoms with Crippen molar-refractivity contribution in [2.24, 2.45) is 0 Å². The molecule has 4 heteroatoms. The van der Waals surface area contributed by atoms with Gasteiger partial charge < -0.3 is 10.0 Å². The number of rotatable bonds is 1. The van der Waals surface area contributed by atoms with Crippen molar-refractivity contribution in [1.29, 1.82) is 0 Å². The maximum atomic E-state index is 11.6. The Kier molecular flexibility index (Phi) is 3.09. The number of piperazine rings is 1. The van der Waals surface area contributed by atoms with Gasteiger partial charge in [0.15, 0.2) is 0 Å². The fraction of sp³-hybridized carbons (Fsp3) is 0.923. The number of carbonyl (C=O) groups is 1. The molecule has 3 aliphatic rings. The molecular weight excluding hydrogens is 216 g/mol. The number of hydrogen-bond donors (Lipinski definition) is 1. The van der Waals surface area contributed by atoms with Crippen LogP contribution in [0.1, 0.15) is 38.5 Å². The second-order valence-corrected chi connectivity index (χ2v) is 5.69. The van der Waals surface area contributed by atoms with Crippen molar-refractivity contribution in [2.45, 2.75) is 56.7 Å². The van der Waals surface area contributed by atoms with Gasteiger partial charge in [-0.2, -0.15) is 0 Å². The molecule has 0 aromatic heterocycles. The van der Waals surface area contributed by atoms with E-state index in [2.05, 4.69) is 4.90 Å². The van der Waals surface area contributed by atoms with Gasteiger partial charge in [-0.25, -0.2) is 0 Å². The minimum Gasteiger partial charge on any atom is -0.391 e. The number of nitrogens with zero attached hydrogens (tertiary/aromatic N) is 2. The highest BCUT2D eigenvalue weighted by Gasteiger charge is 2.39. The van der Waals surface area contributed by atoms with Crippen LogP contribution in [0.2, 0.25) is 0 Å². The van der Waals surface area contributed by atoms with Gasteiger partial charge in [-0.3, -0.25) is 9.69 Å². The normalized spacial score (nSPS) is 39.5. The van der Waals surface area contributed by atoms with Crippen molar-refractivity contribution < 1.29 is 9.90 Å². The highest BCUT2D eigenvalue weighted by atomic mass is 16.3. The molecule has 1 amide bonds. The molecule has 1 aliphatic carbocycles. The number of aliphatic hydroxyl groups is 1.